The lowest BCUT2D eigenvalue weighted by atomic mass is 10.0. The van der Waals surface area contributed by atoms with Gasteiger partial charge in [-0.15, -0.1) is 0 Å². The molecule has 1 heterocycles. The van der Waals surface area contributed by atoms with Gasteiger partial charge in [0.1, 0.15) is 30.2 Å². The van der Waals surface area contributed by atoms with Crippen molar-refractivity contribution in [3.05, 3.63) is 0 Å². The highest BCUT2D eigenvalue weighted by atomic mass is 16.4. The highest BCUT2D eigenvalue weighted by Crippen LogP contribution is 2.20. The first-order valence-electron chi connectivity index (χ1n) is 18.1. The minimum atomic E-state index is -1.65. The molecule has 1 aliphatic rings. The van der Waals surface area contributed by atoms with Crippen molar-refractivity contribution in [3.8, 4) is 0 Å². The van der Waals surface area contributed by atoms with Crippen LogP contribution in [0.1, 0.15) is 44.9 Å². The average Bonchev–Trinajstić information content (AvgIpc) is 3.70. The van der Waals surface area contributed by atoms with Gasteiger partial charge in [-0.3, -0.25) is 47.9 Å². The van der Waals surface area contributed by atoms with Crippen LogP contribution in [-0.4, -0.2) is 180 Å². The average molecular weight is 832 g/mol. The van der Waals surface area contributed by atoms with E-state index in [1.165, 1.54) is 0 Å². The number of hydrogen-bond acceptors (Lipinski definition) is 15. The van der Waals surface area contributed by atoms with E-state index in [0.717, 1.165) is 4.90 Å². The molecule has 1 aliphatic heterocycles. The highest BCUT2D eigenvalue weighted by Gasteiger charge is 2.38. The maximum absolute atomic E-state index is 13.3. The van der Waals surface area contributed by atoms with Crippen LogP contribution in [0, 0.1) is 0 Å². The number of nitrogens with zero attached hydrogens (tertiary/aromatic N) is 1. The van der Waals surface area contributed by atoms with Crippen LogP contribution in [0.5, 0.6) is 0 Å². The fourth-order valence-electron chi connectivity index (χ4n) is 5.24. The van der Waals surface area contributed by atoms with E-state index in [4.69, 9.17) is 11.5 Å². The van der Waals surface area contributed by atoms with Crippen molar-refractivity contribution < 1.29 is 73.2 Å². The third kappa shape index (κ3) is 18.8. The summed E-state index contributed by atoms with van der Waals surface area (Å²) in [6, 6.07) is -6.98. The smallest absolute Gasteiger partial charge is 0.326 e. The van der Waals surface area contributed by atoms with E-state index in [1.807, 2.05) is 0 Å². The molecule has 5 atom stereocenters. The lowest BCUT2D eigenvalue weighted by molar-refractivity contribution is -0.149. The summed E-state index contributed by atoms with van der Waals surface area (Å²) in [6.07, 6.45) is 0.526. The minimum absolute atomic E-state index is 0.0705. The molecule has 58 heavy (non-hydrogen) atoms. The molecule has 326 valence electrons. The van der Waals surface area contributed by atoms with E-state index in [-0.39, 0.29) is 32.5 Å². The summed E-state index contributed by atoms with van der Waals surface area (Å²) in [5.74, 6) is -10.6. The molecule has 0 aromatic rings. The molecule has 0 aromatic carbocycles. The van der Waals surface area contributed by atoms with Crippen molar-refractivity contribution in [1.82, 2.24) is 47.4 Å². The Morgan fingerprint density at radius 2 is 1.09 bits per heavy atom. The number of amides is 9. The van der Waals surface area contributed by atoms with Gasteiger partial charge in [0.15, 0.2) is 0 Å². The van der Waals surface area contributed by atoms with Gasteiger partial charge < -0.3 is 79.3 Å². The van der Waals surface area contributed by atoms with Crippen molar-refractivity contribution in [2.45, 2.75) is 75.2 Å². The van der Waals surface area contributed by atoms with Gasteiger partial charge in [-0.25, -0.2) is 4.79 Å². The van der Waals surface area contributed by atoms with E-state index in [1.54, 1.807) is 0 Å². The topological polar surface area (TPSA) is 420 Å². The Morgan fingerprint density at radius 1 is 0.586 bits per heavy atom. The number of rotatable bonds is 27. The van der Waals surface area contributed by atoms with E-state index < -0.39 is 148 Å². The summed E-state index contributed by atoms with van der Waals surface area (Å²) >= 11 is 0. The van der Waals surface area contributed by atoms with Crippen LogP contribution >= 0.6 is 0 Å². The van der Waals surface area contributed by atoms with Gasteiger partial charge >= 0.3 is 11.9 Å². The van der Waals surface area contributed by atoms with Crippen LogP contribution in [0.4, 0.5) is 0 Å². The van der Waals surface area contributed by atoms with Gasteiger partial charge in [-0.1, -0.05) is 0 Å². The van der Waals surface area contributed by atoms with Gasteiger partial charge in [0.05, 0.1) is 45.9 Å². The van der Waals surface area contributed by atoms with E-state index in [2.05, 4.69) is 42.5 Å². The molecule has 0 aromatic heterocycles. The summed E-state index contributed by atoms with van der Waals surface area (Å²) < 4.78 is 0. The van der Waals surface area contributed by atoms with Crippen molar-refractivity contribution in [2.24, 2.45) is 11.5 Å². The predicted octanol–water partition coefficient (Wildman–Crippen LogP) is -8.60. The van der Waals surface area contributed by atoms with E-state index >= 15 is 0 Å². The molecule has 9 amide bonds. The first-order chi connectivity index (χ1) is 27.5. The second-order valence-electron chi connectivity index (χ2n) is 12.7. The molecule has 1 fully saturated rings. The van der Waals surface area contributed by atoms with Crippen LogP contribution in [0.2, 0.25) is 0 Å². The number of unbranched alkanes of at least 4 members (excludes halogenated alkanes) is 1. The van der Waals surface area contributed by atoms with Crippen LogP contribution in [0.25, 0.3) is 0 Å². The lowest BCUT2D eigenvalue weighted by Gasteiger charge is -2.28. The predicted molar refractivity (Wildman–Crippen MR) is 195 cm³/mol. The van der Waals surface area contributed by atoms with Gasteiger partial charge in [-0.2, -0.15) is 0 Å². The third-order valence-corrected chi connectivity index (χ3v) is 8.27. The van der Waals surface area contributed by atoms with Gasteiger partial charge in [0.25, 0.3) is 0 Å². The first-order valence-corrected chi connectivity index (χ1v) is 18.1. The molecule has 0 bridgehead atoms. The monoisotopic (exact) mass is 831 g/mol. The minimum Gasteiger partial charge on any atom is -0.481 e. The maximum atomic E-state index is 13.3. The third-order valence-electron chi connectivity index (χ3n) is 8.27. The Hall–Kier alpha value is -5.99. The molecule has 26 heteroatoms. The Labute approximate surface area is 331 Å². The standard InChI is InChI=1S/C32H53N11O15/c33-8-2-1-4-18(31(56)43-9-3-5-21(43)32(57)58)42-30(55)17(6-7-27(51)52)39-26(50)14-38-29(54)20(16-45)41-25(49)13-36-23(47)11-37-28(53)19(15-44)40-24(48)12-35-22(46)10-34/h17-21,44-45H,1-16,33-34H2,(H,35,46)(H,36,47)(H,37,53)(H,38,54)(H,39,50)(H,40,48)(H,41,49)(H,42,55)(H,51,52)(H,57,58)/t17-,18-,19-,20-,21-/m0/s1. The van der Waals surface area contributed by atoms with Crippen LogP contribution in [0.15, 0.2) is 0 Å². The Balaban J connectivity index is 2.72. The molecule has 1 rings (SSSR count). The second-order valence-corrected chi connectivity index (χ2v) is 12.7. The number of carboxylic acid groups (broad SMARTS) is 2. The number of hydrogen-bond donors (Lipinski definition) is 14. The molecule has 26 nitrogen and oxygen atoms in total. The van der Waals surface area contributed by atoms with Crippen molar-refractivity contribution in [2.75, 3.05) is 59.0 Å². The molecular formula is C32H53N11O15. The van der Waals surface area contributed by atoms with Crippen LogP contribution in [0.3, 0.4) is 0 Å². The first kappa shape index (κ1) is 50.0. The van der Waals surface area contributed by atoms with Crippen LogP contribution in [-0.2, 0) is 52.7 Å². The molecular weight excluding hydrogens is 778 g/mol. The number of carbonyl (C=O) groups is 11. The number of aliphatic hydroxyl groups is 2. The summed E-state index contributed by atoms with van der Waals surface area (Å²) in [7, 11) is 0. The highest BCUT2D eigenvalue weighted by molar-refractivity contribution is 5.96. The zero-order valence-electron chi connectivity index (χ0n) is 31.6. The Morgan fingerprint density at radius 3 is 1.57 bits per heavy atom. The molecule has 0 spiro atoms. The number of nitrogens with one attached hydrogen (secondary N) is 8. The number of aliphatic carboxylic acids is 2. The summed E-state index contributed by atoms with van der Waals surface area (Å²) in [4.78, 5) is 136. The Bertz CT molecular complexity index is 1500. The fraction of sp³-hybridized carbons (Fsp3) is 0.656. The normalized spacial score (nSPS) is 15.3. The number of likely N-dealkylation sites (tertiary alicyclic amines) is 1. The fourth-order valence-corrected chi connectivity index (χ4v) is 5.24. The maximum Gasteiger partial charge on any atom is 0.326 e. The number of carboxylic acids is 2. The largest absolute Gasteiger partial charge is 0.481 e. The molecule has 1 saturated heterocycles. The van der Waals surface area contributed by atoms with Crippen molar-refractivity contribution in [3.63, 3.8) is 0 Å². The molecule has 0 saturated carbocycles. The van der Waals surface area contributed by atoms with E-state index in [0.29, 0.717) is 19.3 Å². The Kier molecular flexibility index (Phi) is 23.1. The second kappa shape index (κ2) is 26.8. The zero-order valence-corrected chi connectivity index (χ0v) is 31.6. The molecule has 16 N–H and O–H groups in total. The SMILES string of the molecule is NCCCC[C@H](NC(=O)[C@H](CCC(=O)O)NC(=O)CNC(=O)[C@H](CO)NC(=O)CNC(=O)CNC(=O)[C@H](CO)NC(=O)CNC(=O)CN)C(=O)N1CCC[C@H]1C(=O)O. The van der Waals surface area contributed by atoms with Crippen molar-refractivity contribution in [1.29, 1.82) is 0 Å². The summed E-state index contributed by atoms with van der Waals surface area (Å²) in [6.45, 7) is -4.66. The summed E-state index contributed by atoms with van der Waals surface area (Å²) in [5, 5.41) is 55.2. The molecule has 0 unspecified atom stereocenters. The van der Waals surface area contributed by atoms with Crippen molar-refractivity contribution >= 4 is 65.1 Å². The number of nitrogens with two attached hydrogens (primary N) is 2. The van der Waals surface area contributed by atoms with Gasteiger partial charge in [0, 0.05) is 13.0 Å². The lowest BCUT2D eigenvalue weighted by Crippen LogP contribution is -2.57. The van der Waals surface area contributed by atoms with Crippen LogP contribution < -0.4 is 54.0 Å². The quantitative estimate of drug-likeness (QED) is 0.0342. The number of carbonyl (C=O) groups excluding carboxylic acids is 9. The van der Waals surface area contributed by atoms with Gasteiger partial charge in [0.2, 0.25) is 53.2 Å². The van der Waals surface area contributed by atoms with E-state index in [9.17, 15) is 73.2 Å². The summed E-state index contributed by atoms with van der Waals surface area (Å²) in [5.41, 5.74) is 10.6. The molecule has 0 aliphatic carbocycles. The number of aliphatic hydroxyl groups excluding tert-OH is 2. The zero-order chi connectivity index (χ0) is 43.8. The van der Waals surface area contributed by atoms with Gasteiger partial charge in [-0.05, 0) is 45.1 Å². The molecule has 0 radical (unpaired) electrons.